The first-order valence-electron chi connectivity index (χ1n) is 6.75. The van der Waals surface area contributed by atoms with Crippen LogP contribution in [0.25, 0.3) is 0 Å². The summed E-state index contributed by atoms with van der Waals surface area (Å²) in [6.07, 6.45) is 1.87. The van der Waals surface area contributed by atoms with Gasteiger partial charge in [0, 0.05) is 29.3 Å². The number of anilines is 1. The van der Waals surface area contributed by atoms with Gasteiger partial charge in [0.05, 0.1) is 18.8 Å². The van der Waals surface area contributed by atoms with Crippen LogP contribution >= 0.6 is 15.9 Å². The zero-order valence-corrected chi connectivity index (χ0v) is 13.5. The summed E-state index contributed by atoms with van der Waals surface area (Å²) >= 11 is 3.51. The van der Waals surface area contributed by atoms with Gasteiger partial charge in [0.15, 0.2) is 0 Å². The highest BCUT2D eigenvalue weighted by atomic mass is 79.9. The van der Waals surface area contributed by atoms with Crippen molar-refractivity contribution in [3.8, 4) is 0 Å². The number of rotatable bonds is 4. The van der Waals surface area contributed by atoms with Crippen LogP contribution in [0.5, 0.6) is 0 Å². The smallest absolute Gasteiger partial charge is 0.133 e. The van der Waals surface area contributed by atoms with Crippen LogP contribution in [-0.4, -0.2) is 36.8 Å². The standard InChI is InChI=1S/C14H22BrN3O/c1-4-16-8-11-7-12(15)9-17-13(11)18-5-6-19-10-14(18,2)3/h7,9,16H,4-6,8,10H2,1-3H3. The van der Waals surface area contributed by atoms with E-state index in [4.69, 9.17) is 4.74 Å². The summed E-state index contributed by atoms with van der Waals surface area (Å²) in [6.45, 7) is 10.7. The molecular formula is C14H22BrN3O. The van der Waals surface area contributed by atoms with Crippen molar-refractivity contribution in [2.75, 3.05) is 31.2 Å². The second-order valence-corrected chi connectivity index (χ2v) is 6.35. The van der Waals surface area contributed by atoms with Crippen LogP contribution in [-0.2, 0) is 11.3 Å². The Bertz CT molecular complexity index is 437. The quantitative estimate of drug-likeness (QED) is 0.922. The topological polar surface area (TPSA) is 37.4 Å². The van der Waals surface area contributed by atoms with Crippen molar-refractivity contribution in [2.24, 2.45) is 0 Å². The Morgan fingerprint density at radius 1 is 1.53 bits per heavy atom. The van der Waals surface area contributed by atoms with Crippen LogP contribution in [0.3, 0.4) is 0 Å². The number of aromatic nitrogens is 1. The SMILES string of the molecule is CCNCc1cc(Br)cnc1N1CCOCC1(C)C. The minimum Gasteiger partial charge on any atom is -0.377 e. The van der Waals surface area contributed by atoms with E-state index in [1.165, 1.54) is 5.56 Å². The van der Waals surface area contributed by atoms with E-state index < -0.39 is 0 Å². The first-order chi connectivity index (χ1) is 9.04. The highest BCUT2D eigenvalue weighted by Crippen LogP contribution is 2.29. The Balaban J connectivity index is 2.31. The summed E-state index contributed by atoms with van der Waals surface area (Å²) in [7, 11) is 0. The first kappa shape index (κ1) is 14.8. The summed E-state index contributed by atoms with van der Waals surface area (Å²) in [5.74, 6) is 1.07. The van der Waals surface area contributed by atoms with Gasteiger partial charge in [-0.3, -0.25) is 0 Å². The van der Waals surface area contributed by atoms with Gasteiger partial charge in [-0.1, -0.05) is 6.92 Å². The number of ether oxygens (including phenoxy) is 1. The molecule has 0 aliphatic carbocycles. The van der Waals surface area contributed by atoms with E-state index in [1.807, 2.05) is 6.20 Å². The number of morpholine rings is 1. The van der Waals surface area contributed by atoms with Crippen LogP contribution in [0.15, 0.2) is 16.7 Å². The van der Waals surface area contributed by atoms with Crippen molar-refractivity contribution in [1.29, 1.82) is 0 Å². The van der Waals surface area contributed by atoms with Crippen molar-refractivity contribution in [1.82, 2.24) is 10.3 Å². The second-order valence-electron chi connectivity index (χ2n) is 5.43. The lowest BCUT2D eigenvalue weighted by atomic mass is 10.0. The Morgan fingerprint density at radius 2 is 2.32 bits per heavy atom. The summed E-state index contributed by atoms with van der Waals surface area (Å²) in [6, 6.07) is 2.15. The molecule has 2 rings (SSSR count). The number of hydrogen-bond donors (Lipinski definition) is 1. The number of pyridine rings is 1. The maximum atomic E-state index is 5.59. The van der Waals surface area contributed by atoms with E-state index in [1.54, 1.807) is 0 Å². The monoisotopic (exact) mass is 327 g/mol. The van der Waals surface area contributed by atoms with E-state index in [2.05, 4.69) is 58.0 Å². The minimum atomic E-state index is -0.0138. The second kappa shape index (κ2) is 6.20. The zero-order valence-electron chi connectivity index (χ0n) is 11.9. The van der Waals surface area contributed by atoms with Crippen LogP contribution < -0.4 is 10.2 Å². The molecule has 0 unspecified atom stereocenters. The molecule has 0 spiro atoms. The lowest BCUT2D eigenvalue weighted by Crippen LogP contribution is -2.54. The van der Waals surface area contributed by atoms with Crippen LogP contribution in [0, 0.1) is 0 Å². The van der Waals surface area contributed by atoms with Crippen molar-refractivity contribution < 1.29 is 4.74 Å². The molecule has 1 aromatic rings. The molecule has 0 bridgehead atoms. The maximum Gasteiger partial charge on any atom is 0.133 e. The minimum absolute atomic E-state index is 0.0138. The number of hydrogen-bond acceptors (Lipinski definition) is 4. The predicted molar refractivity (Wildman–Crippen MR) is 81.6 cm³/mol. The third-order valence-corrected chi connectivity index (χ3v) is 3.81. The molecule has 5 heteroatoms. The highest BCUT2D eigenvalue weighted by Gasteiger charge is 2.32. The first-order valence-corrected chi connectivity index (χ1v) is 7.54. The van der Waals surface area contributed by atoms with Crippen molar-refractivity contribution in [3.05, 3.63) is 22.3 Å². The van der Waals surface area contributed by atoms with Gasteiger partial charge in [-0.2, -0.15) is 0 Å². The summed E-state index contributed by atoms with van der Waals surface area (Å²) in [5.41, 5.74) is 1.21. The Kier molecular flexibility index (Phi) is 4.81. The molecule has 1 aromatic heterocycles. The molecule has 0 saturated carbocycles. The van der Waals surface area contributed by atoms with Gasteiger partial charge < -0.3 is 15.0 Å². The molecule has 0 radical (unpaired) electrons. The summed E-state index contributed by atoms with van der Waals surface area (Å²) in [4.78, 5) is 6.99. The Hall–Kier alpha value is -0.650. The normalized spacial score (nSPS) is 18.6. The van der Waals surface area contributed by atoms with E-state index >= 15 is 0 Å². The van der Waals surface area contributed by atoms with Crippen molar-refractivity contribution >= 4 is 21.7 Å². The van der Waals surface area contributed by atoms with Crippen LogP contribution in [0.1, 0.15) is 26.3 Å². The van der Waals surface area contributed by atoms with E-state index in [-0.39, 0.29) is 5.54 Å². The highest BCUT2D eigenvalue weighted by molar-refractivity contribution is 9.10. The average Bonchev–Trinajstić information content (AvgIpc) is 2.37. The van der Waals surface area contributed by atoms with Crippen LogP contribution in [0.4, 0.5) is 5.82 Å². The third kappa shape index (κ3) is 3.46. The van der Waals surface area contributed by atoms with Crippen molar-refractivity contribution in [3.63, 3.8) is 0 Å². The van der Waals surface area contributed by atoms with E-state index in [0.717, 1.165) is 43.1 Å². The number of halogens is 1. The van der Waals surface area contributed by atoms with Gasteiger partial charge in [-0.25, -0.2) is 4.98 Å². The summed E-state index contributed by atoms with van der Waals surface area (Å²) < 4.78 is 6.61. The fraction of sp³-hybridized carbons (Fsp3) is 0.643. The molecule has 1 aliphatic rings. The number of nitrogens with one attached hydrogen (secondary N) is 1. The molecule has 1 N–H and O–H groups in total. The molecular weight excluding hydrogens is 306 g/mol. The van der Waals surface area contributed by atoms with Gasteiger partial charge in [0.1, 0.15) is 5.82 Å². The Morgan fingerprint density at radius 3 is 3.00 bits per heavy atom. The maximum absolute atomic E-state index is 5.59. The fourth-order valence-electron chi connectivity index (χ4n) is 2.36. The molecule has 106 valence electrons. The largest absolute Gasteiger partial charge is 0.377 e. The molecule has 1 saturated heterocycles. The molecule has 1 aliphatic heterocycles. The fourth-order valence-corrected chi connectivity index (χ4v) is 2.74. The molecule has 0 atom stereocenters. The third-order valence-electron chi connectivity index (χ3n) is 3.38. The average molecular weight is 328 g/mol. The van der Waals surface area contributed by atoms with Gasteiger partial charge in [0.25, 0.3) is 0 Å². The zero-order chi connectivity index (χ0) is 13.9. The van der Waals surface area contributed by atoms with E-state index in [0.29, 0.717) is 0 Å². The molecule has 0 aromatic carbocycles. The molecule has 19 heavy (non-hydrogen) atoms. The van der Waals surface area contributed by atoms with Gasteiger partial charge in [-0.15, -0.1) is 0 Å². The van der Waals surface area contributed by atoms with E-state index in [9.17, 15) is 0 Å². The summed E-state index contributed by atoms with van der Waals surface area (Å²) in [5, 5.41) is 3.38. The van der Waals surface area contributed by atoms with Gasteiger partial charge in [0.2, 0.25) is 0 Å². The van der Waals surface area contributed by atoms with Crippen molar-refractivity contribution in [2.45, 2.75) is 32.9 Å². The molecule has 0 amide bonds. The van der Waals surface area contributed by atoms with Crippen LogP contribution in [0.2, 0.25) is 0 Å². The molecule has 2 heterocycles. The number of nitrogens with zero attached hydrogens (tertiary/aromatic N) is 2. The van der Waals surface area contributed by atoms with Gasteiger partial charge >= 0.3 is 0 Å². The van der Waals surface area contributed by atoms with Gasteiger partial charge in [-0.05, 0) is 42.4 Å². The lowest BCUT2D eigenvalue weighted by Gasteiger charge is -2.43. The predicted octanol–water partition coefficient (Wildman–Crippen LogP) is 2.57. The molecule has 1 fully saturated rings. The molecule has 4 nitrogen and oxygen atoms in total. The Labute approximate surface area is 123 Å². The lowest BCUT2D eigenvalue weighted by molar-refractivity contribution is 0.0638.